The maximum absolute atomic E-state index is 11.9. The molecule has 12 nitrogen and oxygen atoms in total. The van der Waals surface area contributed by atoms with Gasteiger partial charge in [0.15, 0.2) is 0 Å². The van der Waals surface area contributed by atoms with Gasteiger partial charge in [0.1, 0.15) is 37.9 Å². The van der Waals surface area contributed by atoms with Crippen molar-refractivity contribution < 1.29 is 28.5 Å². The first-order chi connectivity index (χ1) is 22.5. The van der Waals surface area contributed by atoms with Gasteiger partial charge in [-0.05, 0) is 97.1 Å². The second kappa shape index (κ2) is 17.5. The summed E-state index contributed by atoms with van der Waals surface area (Å²) in [6, 6.07) is 31.3. The Labute approximate surface area is 264 Å². The molecule has 0 amide bonds. The molecule has 0 aliphatic carbocycles. The summed E-state index contributed by atoms with van der Waals surface area (Å²) >= 11 is 0. The van der Waals surface area contributed by atoms with E-state index in [-0.39, 0.29) is 26.4 Å². The minimum absolute atomic E-state index is 0.0260. The van der Waals surface area contributed by atoms with Crippen LogP contribution < -0.4 is 9.47 Å². The largest absolute Gasteiger partial charge is 0.490 e. The second-order valence-corrected chi connectivity index (χ2v) is 9.07. The number of esters is 2. The Balaban J connectivity index is 1.06. The summed E-state index contributed by atoms with van der Waals surface area (Å²) in [6.07, 6.45) is 1.95. The molecule has 0 aromatic heterocycles. The molecule has 4 aromatic rings. The third-order valence-corrected chi connectivity index (χ3v) is 5.78. The zero-order chi connectivity index (χ0) is 32.4. The van der Waals surface area contributed by atoms with Crippen LogP contribution in [0.15, 0.2) is 130 Å². The molecule has 0 unspecified atom stereocenters. The van der Waals surface area contributed by atoms with Gasteiger partial charge in [-0.15, -0.1) is 0 Å². The molecule has 0 bridgehead atoms. The highest BCUT2D eigenvalue weighted by atomic mass is 16.6. The lowest BCUT2D eigenvalue weighted by Crippen LogP contribution is -2.12. The maximum Gasteiger partial charge on any atom is 0.331 e. The van der Waals surface area contributed by atoms with Gasteiger partial charge in [0, 0.05) is 12.2 Å². The van der Waals surface area contributed by atoms with Crippen LogP contribution in [0.2, 0.25) is 0 Å². The third-order valence-electron chi connectivity index (χ3n) is 5.78. The minimum Gasteiger partial charge on any atom is -0.490 e. The zero-order valence-corrected chi connectivity index (χ0v) is 24.4. The fraction of sp³-hybridized carbons (Fsp3) is 0.118. The van der Waals surface area contributed by atoms with Crippen LogP contribution in [0.4, 0.5) is 22.7 Å². The van der Waals surface area contributed by atoms with Crippen molar-refractivity contribution in [1.29, 1.82) is 10.5 Å². The number of ether oxygens (including phenoxy) is 4. The quantitative estimate of drug-likeness (QED) is 0.0614. The van der Waals surface area contributed by atoms with E-state index in [1.807, 2.05) is 12.1 Å². The molecule has 0 aliphatic rings. The van der Waals surface area contributed by atoms with Crippen molar-refractivity contribution in [3.63, 3.8) is 0 Å². The highest BCUT2D eigenvalue weighted by Gasteiger charge is 2.03. The van der Waals surface area contributed by atoms with Gasteiger partial charge in [0.25, 0.3) is 0 Å². The van der Waals surface area contributed by atoms with Gasteiger partial charge < -0.3 is 18.9 Å². The van der Waals surface area contributed by atoms with Crippen molar-refractivity contribution in [1.82, 2.24) is 0 Å². The maximum atomic E-state index is 11.9. The number of hydrogen-bond donors (Lipinski definition) is 0. The highest BCUT2D eigenvalue weighted by Crippen LogP contribution is 2.23. The van der Waals surface area contributed by atoms with Crippen LogP contribution in [-0.4, -0.2) is 38.4 Å². The molecule has 46 heavy (non-hydrogen) atoms. The Morgan fingerprint density at radius 1 is 0.500 bits per heavy atom. The number of azo groups is 2. The van der Waals surface area contributed by atoms with E-state index in [0.29, 0.717) is 45.4 Å². The summed E-state index contributed by atoms with van der Waals surface area (Å²) in [4.78, 5) is 23.7. The van der Waals surface area contributed by atoms with Crippen LogP contribution in [-0.2, 0) is 19.1 Å². The second-order valence-electron chi connectivity index (χ2n) is 9.07. The average molecular weight is 615 g/mol. The van der Waals surface area contributed by atoms with Crippen molar-refractivity contribution in [3.8, 4) is 23.6 Å². The summed E-state index contributed by atoms with van der Waals surface area (Å²) in [6.45, 7) is 0.159. The predicted molar refractivity (Wildman–Crippen MR) is 166 cm³/mol. The van der Waals surface area contributed by atoms with Crippen LogP contribution in [0.25, 0.3) is 0 Å². The lowest BCUT2D eigenvalue weighted by Gasteiger charge is -2.07. The number of benzene rings is 4. The fourth-order valence-electron chi connectivity index (χ4n) is 3.49. The van der Waals surface area contributed by atoms with Crippen LogP contribution in [0, 0.1) is 22.7 Å². The molecule has 12 heteroatoms. The Hall–Kier alpha value is -6.66. The average Bonchev–Trinajstić information content (AvgIpc) is 3.10. The monoisotopic (exact) mass is 614 g/mol. The molecule has 4 aromatic carbocycles. The van der Waals surface area contributed by atoms with Gasteiger partial charge in [-0.3, -0.25) is 0 Å². The first-order valence-electron chi connectivity index (χ1n) is 13.8. The third kappa shape index (κ3) is 11.2. The smallest absolute Gasteiger partial charge is 0.331 e. The van der Waals surface area contributed by atoms with Gasteiger partial charge in [-0.25, -0.2) is 9.59 Å². The number of hydrogen-bond acceptors (Lipinski definition) is 12. The predicted octanol–water partition coefficient (Wildman–Crippen LogP) is 7.36. The Bertz CT molecular complexity index is 1640. The summed E-state index contributed by atoms with van der Waals surface area (Å²) in [5, 5.41) is 34.2. The molecule has 0 heterocycles. The number of carbonyl (C=O) groups is 2. The highest BCUT2D eigenvalue weighted by molar-refractivity contribution is 5.91. The van der Waals surface area contributed by atoms with E-state index in [1.54, 1.807) is 97.1 Å². The van der Waals surface area contributed by atoms with E-state index in [0.717, 1.165) is 12.2 Å². The van der Waals surface area contributed by atoms with Crippen LogP contribution in [0.3, 0.4) is 0 Å². The SMILES string of the molecule is N#Cc1ccc(N=Nc2ccc(OCCOC(=O)/C=C\C(=O)OCCOc3ccc(N=Nc4ccc(C#N)cc4)cc3)cc2)cc1. The summed E-state index contributed by atoms with van der Waals surface area (Å²) in [7, 11) is 0. The van der Waals surface area contributed by atoms with E-state index in [4.69, 9.17) is 29.5 Å². The molecule has 0 saturated carbocycles. The van der Waals surface area contributed by atoms with Crippen LogP contribution in [0.5, 0.6) is 11.5 Å². The molecule has 0 radical (unpaired) electrons. The molecule has 0 aliphatic heterocycles. The normalized spacial score (nSPS) is 10.8. The van der Waals surface area contributed by atoms with Gasteiger partial charge in [-0.2, -0.15) is 31.0 Å². The zero-order valence-electron chi connectivity index (χ0n) is 24.4. The van der Waals surface area contributed by atoms with Crippen LogP contribution in [0.1, 0.15) is 11.1 Å². The first kappa shape index (κ1) is 32.3. The molecule has 0 spiro atoms. The van der Waals surface area contributed by atoms with Crippen molar-refractivity contribution >= 4 is 34.7 Å². The van der Waals surface area contributed by atoms with Crippen LogP contribution >= 0.6 is 0 Å². The van der Waals surface area contributed by atoms with E-state index >= 15 is 0 Å². The Kier molecular flexibility index (Phi) is 12.2. The van der Waals surface area contributed by atoms with Gasteiger partial charge in [0.05, 0.1) is 46.0 Å². The molecular formula is C34H26N6O6. The molecular weight excluding hydrogens is 588 g/mol. The number of carbonyl (C=O) groups excluding carboxylic acids is 2. The number of rotatable bonds is 14. The fourth-order valence-corrected chi connectivity index (χ4v) is 3.49. The van der Waals surface area contributed by atoms with Crippen molar-refractivity contribution in [2.75, 3.05) is 26.4 Å². The molecule has 0 N–H and O–H groups in total. The first-order valence-corrected chi connectivity index (χ1v) is 13.8. The summed E-state index contributed by atoms with van der Waals surface area (Å²) < 4.78 is 21.1. The van der Waals surface area contributed by atoms with E-state index in [2.05, 4.69) is 20.5 Å². The van der Waals surface area contributed by atoms with Gasteiger partial charge in [0.2, 0.25) is 0 Å². The Morgan fingerprint density at radius 3 is 1.11 bits per heavy atom. The molecule has 0 saturated heterocycles. The summed E-state index contributed by atoms with van der Waals surface area (Å²) in [5.41, 5.74) is 3.57. The standard InChI is InChI=1S/C34H26N6O6/c35-23-25-1-5-27(6-2-25)37-39-29-9-13-31(14-10-29)43-19-21-45-33(41)17-18-34(42)46-22-20-44-32-15-11-30(12-16-32)40-38-28-7-3-26(24-36)4-8-28/h1-18H,19-22H2/b18-17-,39-37?,40-38?. The molecule has 0 fully saturated rings. The molecule has 4 rings (SSSR count). The lowest BCUT2D eigenvalue weighted by molar-refractivity contribution is -0.141. The van der Waals surface area contributed by atoms with Gasteiger partial charge in [-0.1, -0.05) is 0 Å². The topological polar surface area (TPSA) is 168 Å². The number of nitrogens with zero attached hydrogens (tertiary/aromatic N) is 6. The Morgan fingerprint density at radius 2 is 0.804 bits per heavy atom. The number of nitriles is 2. The lowest BCUT2D eigenvalue weighted by atomic mass is 10.2. The van der Waals surface area contributed by atoms with E-state index in [9.17, 15) is 9.59 Å². The molecule has 0 atom stereocenters. The van der Waals surface area contributed by atoms with Gasteiger partial charge >= 0.3 is 11.9 Å². The van der Waals surface area contributed by atoms with Crippen molar-refractivity contribution in [2.45, 2.75) is 0 Å². The summed E-state index contributed by atoms with van der Waals surface area (Å²) in [5.74, 6) is -0.328. The minimum atomic E-state index is -0.716. The van der Waals surface area contributed by atoms with E-state index in [1.165, 1.54) is 0 Å². The van der Waals surface area contributed by atoms with Crippen molar-refractivity contribution in [2.24, 2.45) is 20.5 Å². The van der Waals surface area contributed by atoms with Crippen molar-refractivity contribution in [3.05, 3.63) is 120 Å². The molecule has 228 valence electrons. The van der Waals surface area contributed by atoms with E-state index < -0.39 is 11.9 Å².